The van der Waals surface area contributed by atoms with Crippen LogP contribution in [0.3, 0.4) is 0 Å². The van der Waals surface area contributed by atoms with Crippen molar-refractivity contribution in [1.82, 2.24) is 0 Å². The normalized spacial score (nSPS) is 16.2. The van der Waals surface area contributed by atoms with Crippen molar-refractivity contribution in [3.8, 4) is 5.75 Å². The minimum absolute atomic E-state index is 0.383. The Bertz CT molecular complexity index is 517. The minimum atomic E-state index is 0.383. The van der Waals surface area contributed by atoms with Gasteiger partial charge >= 0.3 is 0 Å². The average molecular weight is 230 g/mol. The maximum atomic E-state index is 9.79. The van der Waals surface area contributed by atoms with Gasteiger partial charge in [0.05, 0.1) is 0 Å². The van der Waals surface area contributed by atoms with E-state index in [2.05, 4.69) is 6.07 Å². The van der Waals surface area contributed by atoms with Crippen LogP contribution in [-0.4, -0.2) is 10.4 Å². The van der Waals surface area contributed by atoms with Gasteiger partial charge in [0.1, 0.15) is 5.75 Å². The van der Waals surface area contributed by atoms with Crippen LogP contribution in [-0.2, 0) is 0 Å². The van der Waals surface area contributed by atoms with E-state index >= 15 is 0 Å². The number of benzene rings is 2. The Morgan fingerprint density at radius 2 is 1.75 bits per heavy atom. The molecule has 2 heteroatoms. The topological polar surface area (TPSA) is 20.2 Å². The molecule has 2 aromatic carbocycles. The Labute approximate surface area is 99.5 Å². The fourth-order valence-electron chi connectivity index (χ4n) is 2.03. The second-order valence-corrected chi connectivity index (χ2v) is 5.64. The zero-order valence-electron chi connectivity index (χ0n) is 9.02. The third-order valence-corrected chi connectivity index (χ3v) is 4.62. The van der Waals surface area contributed by atoms with Gasteiger partial charge in [-0.15, -0.1) is 11.8 Å². The summed E-state index contributed by atoms with van der Waals surface area (Å²) in [6.07, 6.45) is 4.04. The molecular weight excluding hydrogens is 216 g/mol. The number of rotatable bonds is 2. The first-order valence-electron chi connectivity index (χ1n) is 5.72. The highest BCUT2D eigenvalue weighted by atomic mass is 32.2. The lowest BCUT2D eigenvalue weighted by atomic mass is 10.00. The fourth-order valence-corrected chi connectivity index (χ4v) is 3.41. The highest BCUT2D eigenvalue weighted by molar-refractivity contribution is 8.00. The lowest BCUT2D eigenvalue weighted by Gasteiger charge is -2.25. The molecule has 1 nitrogen and oxygen atoms in total. The number of phenolic OH excluding ortho intramolecular Hbond substituents is 1. The predicted octanol–water partition coefficient (Wildman–Crippen LogP) is 4.19. The van der Waals surface area contributed by atoms with Crippen molar-refractivity contribution in [2.45, 2.75) is 29.4 Å². The maximum absolute atomic E-state index is 9.79. The molecule has 0 aromatic heterocycles. The molecule has 2 aromatic rings. The third-order valence-electron chi connectivity index (χ3n) is 3.21. The summed E-state index contributed by atoms with van der Waals surface area (Å²) in [6.45, 7) is 0. The summed E-state index contributed by atoms with van der Waals surface area (Å²) in [7, 11) is 0. The molecule has 1 saturated carbocycles. The number of fused-ring (bicyclic) bond motifs is 1. The summed E-state index contributed by atoms with van der Waals surface area (Å²) in [5.74, 6) is 0.383. The number of aromatic hydroxyl groups is 1. The summed E-state index contributed by atoms with van der Waals surface area (Å²) in [5.41, 5.74) is 0. The number of hydrogen-bond acceptors (Lipinski definition) is 2. The summed E-state index contributed by atoms with van der Waals surface area (Å²) >= 11 is 1.96. The lowest BCUT2D eigenvalue weighted by Crippen LogP contribution is -2.12. The van der Waals surface area contributed by atoms with Crippen molar-refractivity contribution < 1.29 is 5.11 Å². The second kappa shape index (κ2) is 4.02. The molecule has 0 unspecified atom stereocenters. The quantitative estimate of drug-likeness (QED) is 0.834. The summed E-state index contributed by atoms with van der Waals surface area (Å²) in [6, 6.07) is 11.9. The molecular formula is C14H14OS. The molecule has 0 bridgehead atoms. The monoisotopic (exact) mass is 230 g/mol. The van der Waals surface area contributed by atoms with Crippen LogP contribution in [0.4, 0.5) is 0 Å². The van der Waals surface area contributed by atoms with Crippen LogP contribution in [0.1, 0.15) is 19.3 Å². The average Bonchev–Trinajstić information content (AvgIpc) is 2.26. The van der Waals surface area contributed by atoms with E-state index in [4.69, 9.17) is 0 Å². The van der Waals surface area contributed by atoms with Crippen molar-refractivity contribution in [3.05, 3.63) is 36.4 Å². The number of thioether (sulfide) groups is 1. The molecule has 3 rings (SSSR count). The van der Waals surface area contributed by atoms with Gasteiger partial charge in [0.25, 0.3) is 0 Å². The predicted molar refractivity (Wildman–Crippen MR) is 69.1 cm³/mol. The smallest absolute Gasteiger partial charge is 0.123 e. The van der Waals surface area contributed by atoms with Crippen LogP contribution in [0.5, 0.6) is 5.75 Å². The van der Waals surface area contributed by atoms with E-state index in [1.165, 1.54) is 29.5 Å². The van der Waals surface area contributed by atoms with Gasteiger partial charge in [0.15, 0.2) is 0 Å². The molecule has 1 N–H and O–H groups in total. The molecule has 0 aliphatic heterocycles. The molecule has 1 aliphatic rings. The first kappa shape index (κ1) is 10.0. The minimum Gasteiger partial charge on any atom is -0.507 e. The van der Waals surface area contributed by atoms with Gasteiger partial charge in [-0.05, 0) is 30.4 Å². The van der Waals surface area contributed by atoms with E-state index in [9.17, 15) is 5.11 Å². The number of phenols is 1. The van der Waals surface area contributed by atoms with Crippen LogP contribution in [0.2, 0.25) is 0 Å². The molecule has 1 fully saturated rings. The van der Waals surface area contributed by atoms with Crippen molar-refractivity contribution >= 4 is 22.5 Å². The Kier molecular flexibility index (Phi) is 2.52. The van der Waals surface area contributed by atoms with Crippen molar-refractivity contribution in [3.63, 3.8) is 0 Å². The standard InChI is InChI=1S/C14H14OS/c15-13-8-9-14(16-10-4-3-5-10)12-7-2-1-6-11(12)13/h1-2,6-10,15H,3-5H2. The van der Waals surface area contributed by atoms with E-state index in [-0.39, 0.29) is 0 Å². The summed E-state index contributed by atoms with van der Waals surface area (Å²) in [5, 5.41) is 12.7. The van der Waals surface area contributed by atoms with E-state index in [1.54, 1.807) is 0 Å². The summed E-state index contributed by atoms with van der Waals surface area (Å²) < 4.78 is 0. The molecule has 16 heavy (non-hydrogen) atoms. The molecule has 0 heterocycles. The fraction of sp³-hybridized carbons (Fsp3) is 0.286. The largest absolute Gasteiger partial charge is 0.507 e. The van der Waals surface area contributed by atoms with Crippen LogP contribution < -0.4 is 0 Å². The highest BCUT2D eigenvalue weighted by Crippen LogP contribution is 2.40. The van der Waals surface area contributed by atoms with Gasteiger partial charge in [-0.2, -0.15) is 0 Å². The lowest BCUT2D eigenvalue weighted by molar-refractivity contribution is 0.481. The molecule has 0 atom stereocenters. The Balaban J connectivity index is 2.06. The Morgan fingerprint density at radius 3 is 2.44 bits per heavy atom. The SMILES string of the molecule is Oc1ccc(SC2CCC2)c2ccccc12. The van der Waals surface area contributed by atoms with Gasteiger partial charge in [-0.1, -0.05) is 30.7 Å². The van der Waals surface area contributed by atoms with Gasteiger partial charge in [-0.25, -0.2) is 0 Å². The Morgan fingerprint density at radius 1 is 1.00 bits per heavy atom. The van der Waals surface area contributed by atoms with Crippen LogP contribution in [0.15, 0.2) is 41.3 Å². The number of hydrogen-bond donors (Lipinski definition) is 1. The van der Waals surface area contributed by atoms with E-state index in [0.717, 1.165) is 10.6 Å². The first-order valence-corrected chi connectivity index (χ1v) is 6.60. The van der Waals surface area contributed by atoms with E-state index in [0.29, 0.717) is 5.75 Å². The maximum Gasteiger partial charge on any atom is 0.123 e. The molecule has 0 amide bonds. The molecule has 1 aliphatic carbocycles. The van der Waals surface area contributed by atoms with Crippen LogP contribution in [0, 0.1) is 0 Å². The highest BCUT2D eigenvalue weighted by Gasteiger charge is 2.19. The van der Waals surface area contributed by atoms with Crippen molar-refractivity contribution in [2.24, 2.45) is 0 Å². The Hall–Kier alpha value is -1.15. The molecule has 82 valence electrons. The van der Waals surface area contributed by atoms with Gasteiger partial charge in [0, 0.05) is 15.5 Å². The van der Waals surface area contributed by atoms with Crippen LogP contribution >= 0.6 is 11.8 Å². The van der Waals surface area contributed by atoms with Crippen LogP contribution in [0.25, 0.3) is 10.8 Å². The second-order valence-electron chi connectivity index (χ2n) is 4.30. The van der Waals surface area contributed by atoms with Gasteiger partial charge < -0.3 is 5.11 Å². The van der Waals surface area contributed by atoms with Crippen molar-refractivity contribution in [1.29, 1.82) is 0 Å². The van der Waals surface area contributed by atoms with Crippen molar-refractivity contribution in [2.75, 3.05) is 0 Å². The zero-order valence-corrected chi connectivity index (χ0v) is 9.83. The van der Waals surface area contributed by atoms with Gasteiger partial charge in [0.2, 0.25) is 0 Å². The van der Waals surface area contributed by atoms with E-state index < -0.39 is 0 Å². The van der Waals surface area contributed by atoms with Gasteiger partial charge in [-0.3, -0.25) is 0 Å². The first-order chi connectivity index (χ1) is 7.84. The molecule has 0 spiro atoms. The summed E-state index contributed by atoms with van der Waals surface area (Å²) in [4.78, 5) is 1.30. The van der Waals surface area contributed by atoms with E-state index in [1.807, 2.05) is 42.1 Å². The molecule has 0 saturated heterocycles. The zero-order chi connectivity index (χ0) is 11.0. The third kappa shape index (κ3) is 1.67. The molecule has 0 radical (unpaired) electrons.